The van der Waals surface area contributed by atoms with E-state index in [2.05, 4.69) is 4.72 Å². The van der Waals surface area contributed by atoms with Gasteiger partial charge in [-0.2, -0.15) is 0 Å². The van der Waals surface area contributed by atoms with Gasteiger partial charge in [0.25, 0.3) is 0 Å². The molecule has 1 heterocycles. The summed E-state index contributed by atoms with van der Waals surface area (Å²) < 4.78 is 38.6. The quantitative estimate of drug-likeness (QED) is 0.837. The summed E-state index contributed by atoms with van der Waals surface area (Å²) in [5.74, 6) is 0. The Morgan fingerprint density at radius 3 is 2.00 bits per heavy atom. The maximum atomic E-state index is 12.1. The van der Waals surface area contributed by atoms with Crippen LogP contribution in [0.15, 0.2) is 29.2 Å². The third kappa shape index (κ3) is 3.37. The monoisotopic (exact) mass is 325 g/mol. The summed E-state index contributed by atoms with van der Waals surface area (Å²) in [6.45, 7) is 10.3. The Kier molecular flexibility index (Phi) is 4.73. The van der Waals surface area contributed by atoms with Gasteiger partial charge in [-0.25, -0.2) is 13.1 Å². The number of sulfonamides is 1. The van der Waals surface area contributed by atoms with Crippen LogP contribution in [-0.2, 0) is 19.3 Å². The van der Waals surface area contributed by atoms with Crippen LogP contribution >= 0.6 is 0 Å². The zero-order chi connectivity index (χ0) is 16.6. The summed E-state index contributed by atoms with van der Waals surface area (Å²) in [7, 11) is -3.92. The summed E-state index contributed by atoms with van der Waals surface area (Å²) in [6.07, 6.45) is 0.755. The Balaban J connectivity index is 2.17. The lowest BCUT2D eigenvalue weighted by Gasteiger charge is -2.32. The van der Waals surface area contributed by atoms with E-state index in [-0.39, 0.29) is 4.90 Å². The van der Waals surface area contributed by atoms with Gasteiger partial charge in [0, 0.05) is 6.54 Å². The van der Waals surface area contributed by atoms with Crippen molar-refractivity contribution >= 4 is 22.6 Å². The summed E-state index contributed by atoms with van der Waals surface area (Å²) in [5, 5.41) is 0. The smallest absolute Gasteiger partial charge is 0.399 e. The van der Waals surface area contributed by atoms with Gasteiger partial charge in [0.05, 0.1) is 16.1 Å². The number of benzene rings is 1. The molecule has 0 atom stereocenters. The lowest BCUT2D eigenvalue weighted by Crippen LogP contribution is -2.41. The van der Waals surface area contributed by atoms with Crippen molar-refractivity contribution in [3.8, 4) is 0 Å². The van der Waals surface area contributed by atoms with Crippen LogP contribution in [0, 0.1) is 0 Å². The van der Waals surface area contributed by atoms with Crippen LogP contribution in [0.5, 0.6) is 0 Å². The molecule has 0 aliphatic carbocycles. The molecular weight excluding hydrogens is 301 g/mol. The van der Waals surface area contributed by atoms with Gasteiger partial charge in [-0.15, -0.1) is 0 Å². The fraction of sp³-hybridized carbons (Fsp3) is 0.600. The van der Waals surface area contributed by atoms with E-state index in [1.807, 2.05) is 34.6 Å². The molecule has 1 saturated heterocycles. The summed E-state index contributed by atoms with van der Waals surface area (Å²) >= 11 is 0. The van der Waals surface area contributed by atoms with Crippen molar-refractivity contribution in [2.75, 3.05) is 6.54 Å². The van der Waals surface area contributed by atoms with Crippen LogP contribution in [-0.4, -0.2) is 33.3 Å². The number of nitrogens with one attached hydrogen (secondary N) is 1. The van der Waals surface area contributed by atoms with E-state index in [4.69, 9.17) is 9.31 Å². The summed E-state index contributed by atoms with van der Waals surface area (Å²) in [6, 6.07) is 6.64. The zero-order valence-electron chi connectivity index (χ0n) is 13.8. The molecule has 5 nitrogen and oxygen atoms in total. The van der Waals surface area contributed by atoms with Crippen molar-refractivity contribution in [3.05, 3.63) is 24.3 Å². The third-order valence-electron chi connectivity index (χ3n) is 4.26. The molecule has 1 aromatic rings. The molecule has 1 N–H and O–H groups in total. The van der Waals surface area contributed by atoms with E-state index < -0.39 is 28.3 Å². The van der Waals surface area contributed by atoms with Crippen molar-refractivity contribution < 1.29 is 17.7 Å². The first-order valence-corrected chi connectivity index (χ1v) is 9.03. The standard InChI is InChI=1S/C15H24BNO4S/c1-6-11-17-22(18,19)13-9-7-12(8-10-13)16-20-14(2,3)15(4,5)21-16/h7-10,17H,6,11H2,1-5H3. The Morgan fingerprint density at radius 2 is 1.55 bits per heavy atom. The second-order valence-electron chi connectivity index (χ2n) is 6.56. The maximum Gasteiger partial charge on any atom is 0.494 e. The fourth-order valence-electron chi connectivity index (χ4n) is 2.10. The molecule has 122 valence electrons. The van der Waals surface area contributed by atoms with Crippen molar-refractivity contribution in [1.82, 2.24) is 4.72 Å². The molecule has 0 amide bonds. The average molecular weight is 325 g/mol. The van der Waals surface area contributed by atoms with Gasteiger partial charge in [0.1, 0.15) is 0 Å². The minimum Gasteiger partial charge on any atom is -0.399 e. The molecule has 0 spiro atoms. The molecule has 7 heteroatoms. The molecule has 0 aromatic heterocycles. The van der Waals surface area contributed by atoms with Crippen LogP contribution in [0.3, 0.4) is 0 Å². The molecule has 1 fully saturated rings. The Morgan fingerprint density at radius 1 is 1.05 bits per heavy atom. The number of rotatable bonds is 5. The average Bonchev–Trinajstić information content (AvgIpc) is 2.65. The van der Waals surface area contributed by atoms with Gasteiger partial charge < -0.3 is 9.31 Å². The number of hydrogen-bond acceptors (Lipinski definition) is 4. The molecule has 22 heavy (non-hydrogen) atoms. The molecular formula is C15H24BNO4S. The normalized spacial score (nSPS) is 20.3. The highest BCUT2D eigenvalue weighted by atomic mass is 32.2. The van der Waals surface area contributed by atoms with Crippen LogP contribution in [0.25, 0.3) is 0 Å². The van der Waals surface area contributed by atoms with E-state index in [9.17, 15) is 8.42 Å². The minimum atomic E-state index is -3.44. The third-order valence-corrected chi connectivity index (χ3v) is 5.73. The molecule has 0 radical (unpaired) electrons. The second kappa shape index (κ2) is 5.96. The van der Waals surface area contributed by atoms with E-state index in [0.717, 1.165) is 11.9 Å². The lowest BCUT2D eigenvalue weighted by atomic mass is 9.79. The lowest BCUT2D eigenvalue weighted by molar-refractivity contribution is 0.00578. The van der Waals surface area contributed by atoms with Crippen LogP contribution < -0.4 is 10.2 Å². The molecule has 1 aliphatic heterocycles. The minimum absolute atomic E-state index is 0.251. The van der Waals surface area contributed by atoms with Crippen LogP contribution in [0.2, 0.25) is 0 Å². The highest BCUT2D eigenvalue weighted by Crippen LogP contribution is 2.36. The Hall–Kier alpha value is -0.885. The Bertz CT molecular complexity index is 609. The van der Waals surface area contributed by atoms with Gasteiger partial charge in [-0.05, 0) is 51.7 Å². The van der Waals surface area contributed by atoms with Crippen molar-refractivity contribution in [3.63, 3.8) is 0 Å². The Labute approximate surface area is 133 Å². The van der Waals surface area contributed by atoms with Gasteiger partial charge >= 0.3 is 7.12 Å². The molecule has 1 aromatic carbocycles. The molecule has 0 saturated carbocycles. The molecule has 1 aliphatic rings. The highest BCUT2D eigenvalue weighted by molar-refractivity contribution is 7.89. The molecule has 0 unspecified atom stereocenters. The zero-order valence-corrected chi connectivity index (χ0v) is 14.7. The van der Waals surface area contributed by atoms with Crippen LogP contribution in [0.1, 0.15) is 41.0 Å². The van der Waals surface area contributed by atoms with Gasteiger partial charge in [0.15, 0.2) is 0 Å². The molecule has 0 bridgehead atoms. The van der Waals surface area contributed by atoms with E-state index in [1.165, 1.54) is 0 Å². The predicted molar refractivity (Wildman–Crippen MR) is 87.6 cm³/mol. The van der Waals surface area contributed by atoms with E-state index >= 15 is 0 Å². The van der Waals surface area contributed by atoms with Crippen molar-refractivity contribution in [2.45, 2.75) is 57.1 Å². The van der Waals surface area contributed by atoms with E-state index in [0.29, 0.717) is 6.54 Å². The van der Waals surface area contributed by atoms with Crippen molar-refractivity contribution in [1.29, 1.82) is 0 Å². The van der Waals surface area contributed by atoms with Gasteiger partial charge in [-0.1, -0.05) is 19.1 Å². The second-order valence-corrected chi connectivity index (χ2v) is 8.32. The summed E-state index contributed by atoms with van der Waals surface area (Å²) in [4.78, 5) is 0.251. The highest BCUT2D eigenvalue weighted by Gasteiger charge is 2.51. The van der Waals surface area contributed by atoms with Gasteiger partial charge in [0.2, 0.25) is 10.0 Å². The number of hydrogen-bond donors (Lipinski definition) is 1. The fourth-order valence-corrected chi connectivity index (χ4v) is 3.24. The first kappa shape index (κ1) is 17.5. The van der Waals surface area contributed by atoms with Crippen molar-refractivity contribution in [2.24, 2.45) is 0 Å². The topological polar surface area (TPSA) is 64.6 Å². The SMILES string of the molecule is CCCNS(=O)(=O)c1ccc(B2OC(C)(C)C(C)(C)O2)cc1. The first-order chi connectivity index (χ1) is 10.1. The van der Waals surface area contributed by atoms with Crippen LogP contribution in [0.4, 0.5) is 0 Å². The van der Waals surface area contributed by atoms with Gasteiger partial charge in [-0.3, -0.25) is 0 Å². The predicted octanol–water partition coefficient (Wildman–Crippen LogP) is 1.67. The van der Waals surface area contributed by atoms with E-state index in [1.54, 1.807) is 24.3 Å². The summed E-state index contributed by atoms with van der Waals surface area (Å²) in [5.41, 5.74) is -0.0102. The molecule has 2 rings (SSSR count). The first-order valence-electron chi connectivity index (χ1n) is 7.54. The maximum absolute atomic E-state index is 12.1. The largest absolute Gasteiger partial charge is 0.494 e.